The highest BCUT2D eigenvalue weighted by atomic mass is 32.2. The van der Waals surface area contributed by atoms with Gasteiger partial charge in [0.15, 0.2) is 0 Å². The van der Waals surface area contributed by atoms with Crippen molar-refractivity contribution in [3.8, 4) is 0 Å². The van der Waals surface area contributed by atoms with Gasteiger partial charge in [0.1, 0.15) is 0 Å². The Hall–Kier alpha value is -0.910. The molecule has 0 bridgehead atoms. The maximum absolute atomic E-state index is 12.5. The van der Waals surface area contributed by atoms with Crippen molar-refractivity contribution in [1.29, 1.82) is 0 Å². The van der Waals surface area contributed by atoms with Crippen molar-refractivity contribution in [3.63, 3.8) is 0 Å². The summed E-state index contributed by atoms with van der Waals surface area (Å²) in [5.41, 5.74) is 2.13. The topological polar surface area (TPSA) is 49.4 Å². The van der Waals surface area contributed by atoms with Gasteiger partial charge in [0.2, 0.25) is 10.0 Å². The molecule has 0 unspecified atom stereocenters. The van der Waals surface area contributed by atoms with Gasteiger partial charge in [-0.2, -0.15) is 4.31 Å². The largest absolute Gasteiger partial charge is 0.310 e. The second kappa shape index (κ2) is 6.70. The molecule has 0 saturated carbocycles. The minimum absolute atomic E-state index is 0.0569. The number of hydrogen-bond acceptors (Lipinski definition) is 3. The van der Waals surface area contributed by atoms with Crippen molar-refractivity contribution in [2.45, 2.75) is 58.1 Å². The van der Waals surface area contributed by atoms with Crippen LogP contribution in [-0.4, -0.2) is 31.9 Å². The first-order valence-corrected chi connectivity index (χ1v) is 8.41. The van der Waals surface area contributed by atoms with Gasteiger partial charge in [-0.1, -0.05) is 19.9 Å². The second-order valence-electron chi connectivity index (χ2n) is 5.74. The standard InChI is InChI=1S/C15H26N2O2S/c1-11(2)16-10-14-9-15(8-7-13(14)5)20(18,19)17(6)12(3)4/h7-9,11-12,16H,10H2,1-6H3. The van der Waals surface area contributed by atoms with E-state index in [2.05, 4.69) is 19.2 Å². The quantitative estimate of drug-likeness (QED) is 0.878. The highest BCUT2D eigenvalue weighted by Gasteiger charge is 2.23. The van der Waals surface area contributed by atoms with Crippen LogP contribution in [-0.2, 0) is 16.6 Å². The Morgan fingerprint density at radius 3 is 2.30 bits per heavy atom. The molecule has 0 spiro atoms. The van der Waals surface area contributed by atoms with Crippen LogP contribution in [0.1, 0.15) is 38.8 Å². The smallest absolute Gasteiger partial charge is 0.243 e. The molecule has 0 aliphatic rings. The van der Waals surface area contributed by atoms with Gasteiger partial charge in [0, 0.05) is 25.7 Å². The number of hydrogen-bond donors (Lipinski definition) is 1. The van der Waals surface area contributed by atoms with Crippen molar-refractivity contribution in [2.75, 3.05) is 7.05 Å². The Kier molecular flexibility index (Phi) is 5.74. The van der Waals surface area contributed by atoms with Crippen molar-refractivity contribution in [1.82, 2.24) is 9.62 Å². The summed E-state index contributed by atoms with van der Waals surface area (Å²) in [6.07, 6.45) is 0. The van der Waals surface area contributed by atoms with Crippen LogP contribution in [0.4, 0.5) is 0 Å². The Bertz CT molecular complexity index is 551. The van der Waals surface area contributed by atoms with E-state index in [1.807, 2.05) is 26.8 Å². The van der Waals surface area contributed by atoms with Crippen LogP contribution in [0.3, 0.4) is 0 Å². The third-order valence-electron chi connectivity index (χ3n) is 3.43. The fraction of sp³-hybridized carbons (Fsp3) is 0.600. The number of sulfonamides is 1. The lowest BCUT2D eigenvalue weighted by Gasteiger charge is -2.21. The fourth-order valence-electron chi connectivity index (χ4n) is 1.76. The van der Waals surface area contributed by atoms with Crippen molar-refractivity contribution in [2.24, 2.45) is 0 Å². The summed E-state index contributed by atoms with van der Waals surface area (Å²) in [6, 6.07) is 5.64. The van der Waals surface area contributed by atoms with Crippen LogP contribution in [0.15, 0.2) is 23.1 Å². The second-order valence-corrected chi connectivity index (χ2v) is 7.74. The molecule has 1 N–H and O–H groups in total. The SMILES string of the molecule is Cc1ccc(S(=O)(=O)N(C)C(C)C)cc1CNC(C)C. The molecular weight excluding hydrogens is 272 g/mol. The van der Waals surface area contributed by atoms with E-state index in [1.54, 1.807) is 19.2 Å². The zero-order valence-electron chi connectivity index (χ0n) is 13.3. The van der Waals surface area contributed by atoms with Gasteiger partial charge < -0.3 is 5.32 Å². The van der Waals surface area contributed by atoms with Gasteiger partial charge in [0.05, 0.1) is 4.90 Å². The minimum atomic E-state index is -3.41. The van der Waals surface area contributed by atoms with Crippen LogP contribution >= 0.6 is 0 Å². The summed E-state index contributed by atoms with van der Waals surface area (Å²) in [5, 5.41) is 3.32. The van der Waals surface area contributed by atoms with E-state index in [4.69, 9.17) is 0 Å². The molecule has 0 radical (unpaired) electrons. The van der Waals surface area contributed by atoms with E-state index in [9.17, 15) is 8.42 Å². The van der Waals surface area contributed by atoms with E-state index in [0.29, 0.717) is 17.5 Å². The van der Waals surface area contributed by atoms with Crippen LogP contribution in [0, 0.1) is 6.92 Å². The molecule has 0 aromatic heterocycles. The minimum Gasteiger partial charge on any atom is -0.310 e. The van der Waals surface area contributed by atoms with E-state index < -0.39 is 10.0 Å². The molecule has 1 aromatic carbocycles. The normalized spacial score (nSPS) is 12.7. The zero-order chi connectivity index (χ0) is 15.5. The summed E-state index contributed by atoms with van der Waals surface area (Å²) in [4.78, 5) is 0.361. The predicted molar refractivity (Wildman–Crippen MR) is 83.2 cm³/mol. The molecule has 0 heterocycles. The van der Waals surface area contributed by atoms with Gasteiger partial charge in [-0.25, -0.2) is 8.42 Å². The number of benzene rings is 1. The summed E-state index contributed by atoms with van der Waals surface area (Å²) < 4.78 is 26.4. The zero-order valence-corrected chi connectivity index (χ0v) is 14.1. The van der Waals surface area contributed by atoms with E-state index in [0.717, 1.165) is 11.1 Å². The molecule has 5 heteroatoms. The molecule has 0 atom stereocenters. The monoisotopic (exact) mass is 298 g/mol. The van der Waals surface area contributed by atoms with Crippen LogP contribution in [0.5, 0.6) is 0 Å². The van der Waals surface area contributed by atoms with Gasteiger partial charge in [-0.15, -0.1) is 0 Å². The molecule has 0 saturated heterocycles. The highest BCUT2D eigenvalue weighted by Crippen LogP contribution is 2.20. The molecule has 0 aliphatic carbocycles. The fourth-order valence-corrected chi connectivity index (χ4v) is 3.18. The van der Waals surface area contributed by atoms with Crippen LogP contribution in [0.25, 0.3) is 0 Å². The first kappa shape index (κ1) is 17.1. The van der Waals surface area contributed by atoms with Crippen LogP contribution in [0.2, 0.25) is 0 Å². The van der Waals surface area contributed by atoms with Gasteiger partial charge in [0.25, 0.3) is 0 Å². The first-order chi connectivity index (χ1) is 9.16. The molecule has 1 aromatic rings. The first-order valence-electron chi connectivity index (χ1n) is 6.97. The molecule has 0 fully saturated rings. The summed E-state index contributed by atoms with van der Waals surface area (Å²) in [5.74, 6) is 0. The maximum Gasteiger partial charge on any atom is 0.243 e. The molecule has 114 valence electrons. The molecule has 0 aliphatic heterocycles. The van der Waals surface area contributed by atoms with E-state index >= 15 is 0 Å². The summed E-state index contributed by atoms with van der Waals surface area (Å²) in [6.45, 7) is 10.6. The Labute approximate surface area is 123 Å². The van der Waals surface area contributed by atoms with Crippen molar-refractivity contribution < 1.29 is 8.42 Å². The molecule has 1 rings (SSSR count). The maximum atomic E-state index is 12.5. The molecular formula is C15H26N2O2S. The van der Waals surface area contributed by atoms with Crippen molar-refractivity contribution in [3.05, 3.63) is 29.3 Å². The van der Waals surface area contributed by atoms with Crippen LogP contribution < -0.4 is 5.32 Å². The lowest BCUT2D eigenvalue weighted by Crippen LogP contribution is -2.33. The number of rotatable bonds is 6. The average molecular weight is 298 g/mol. The van der Waals surface area contributed by atoms with Gasteiger partial charge in [-0.05, 0) is 44.0 Å². The predicted octanol–water partition coefficient (Wildman–Crippen LogP) is 2.52. The Balaban J connectivity index is 3.12. The van der Waals surface area contributed by atoms with E-state index in [1.165, 1.54) is 4.31 Å². The molecule has 0 amide bonds. The van der Waals surface area contributed by atoms with Gasteiger partial charge in [-0.3, -0.25) is 0 Å². The number of nitrogens with one attached hydrogen (secondary N) is 1. The lowest BCUT2D eigenvalue weighted by molar-refractivity contribution is 0.410. The molecule has 20 heavy (non-hydrogen) atoms. The Morgan fingerprint density at radius 1 is 1.20 bits per heavy atom. The lowest BCUT2D eigenvalue weighted by atomic mass is 10.1. The third-order valence-corrected chi connectivity index (χ3v) is 5.46. The number of aryl methyl sites for hydroxylation is 1. The third kappa shape index (κ3) is 4.04. The van der Waals surface area contributed by atoms with Gasteiger partial charge >= 0.3 is 0 Å². The summed E-state index contributed by atoms with van der Waals surface area (Å²) >= 11 is 0. The van der Waals surface area contributed by atoms with Crippen molar-refractivity contribution >= 4 is 10.0 Å². The average Bonchev–Trinajstić information content (AvgIpc) is 2.36. The van der Waals surface area contributed by atoms with E-state index in [-0.39, 0.29) is 6.04 Å². The number of nitrogens with zero attached hydrogens (tertiary/aromatic N) is 1. The Morgan fingerprint density at radius 2 is 1.80 bits per heavy atom. The summed E-state index contributed by atoms with van der Waals surface area (Å²) in [7, 11) is -1.79. The highest BCUT2D eigenvalue weighted by molar-refractivity contribution is 7.89. The molecule has 4 nitrogen and oxygen atoms in total.